The number of nitrogens with one attached hydrogen (secondary N) is 1. The summed E-state index contributed by atoms with van der Waals surface area (Å²) in [6.07, 6.45) is 2.51. The smallest absolute Gasteiger partial charge is 0.222 e. The molecule has 0 aliphatic carbocycles. The molecule has 0 aromatic heterocycles. The molecule has 0 spiro atoms. The summed E-state index contributed by atoms with van der Waals surface area (Å²) in [4.78, 5) is 13.6. The van der Waals surface area contributed by atoms with Crippen molar-refractivity contribution in [1.82, 2.24) is 10.2 Å². The molecule has 1 heterocycles. The minimum atomic E-state index is 0.239. The van der Waals surface area contributed by atoms with Gasteiger partial charge >= 0.3 is 0 Å². The summed E-state index contributed by atoms with van der Waals surface area (Å²) in [6.45, 7) is 5.36. The van der Waals surface area contributed by atoms with Gasteiger partial charge in [-0.3, -0.25) is 4.79 Å². The Labute approximate surface area is 92.0 Å². The van der Waals surface area contributed by atoms with Crippen molar-refractivity contribution in [3.63, 3.8) is 0 Å². The molecule has 1 unspecified atom stereocenters. The molecule has 0 bridgehead atoms. The standard InChI is InChI=1S/C11H22N2O2/c1-3-15-8-4-5-11(14)13(2)10-6-7-12-9-10/h10,12H,3-9H2,1-2H3. The second kappa shape index (κ2) is 6.80. The van der Waals surface area contributed by atoms with E-state index in [1.165, 1.54) is 0 Å². The fourth-order valence-corrected chi connectivity index (χ4v) is 1.82. The van der Waals surface area contributed by atoms with E-state index in [0.29, 0.717) is 19.1 Å². The zero-order valence-electron chi connectivity index (χ0n) is 9.79. The monoisotopic (exact) mass is 214 g/mol. The fraction of sp³-hybridized carbons (Fsp3) is 0.909. The lowest BCUT2D eigenvalue weighted by Gasteiger charge is -2.23. The highest BCUT2D eigenvalue weighted by molar-refractivity contribution is 5.76. The average Bonchev–Trinajstić information content (AvgIpc) is 2.76. The van der Waals surface area contributed by atoms with Gasteiger partial charge in [0.1, 0.15) is 0 Å². The van der Waals surface area contributed by atoms with Crippen molar-refractivity contribution in [1.29, 1.82) is 0 Å². The molecular formula is C11H22N2O2. The van der Waals surface area contributed by atoms with E-state index in [1.807, 2.05) is 18.9 Å². The van der Waals surface area contributed by atoms with Crippen LogP contribution in [0.3, 0.4) is 0 Å². The average molecular weight is 214 g/mol. The molecule has 1 atom stereocenters. The number of carbonyl (C=O) groups is 1. The largest absolute Gasteiger partial charge is 0.382 e. The second-order valence-electron chi connectivity index (χ2n) is 3.95. The number of amides is 1. The van der Waals surface area contributed by atoms with Crippen LogP contribution >= 0.6 is 0 Å². The highest BCUT2D eigenvalue weighted by Crippen LogP contribution is 2.08. The molecule has 1 amide bonds. The Bertz CT molecular complexity index is 191. The van der Waals surface area contributed by atoms with E-state index < -0.39 is 0 Å². The molecule has 1 N–H and O–H groups in total. The van der Waals surface area contributed by atoms with Crippen molar-refractivity contribution >= 4 is 5.91 Å². The summed E-state index contributed by atoms with van der Waals surface area (Å²) in [5.74, 6) is 0.239. The van der Waals surface area contributed by atoms with E-state index >= 15 is 0 Å². The normalized spacial score (nSPS) is 20.5. The summed E-state index contributed by atoms with van der Waals surface area (Å²) < 4.78 is 5.21. The van der Waals surface area contributed by atoms with Crippen LogP contribution in [0, 0.1) is 0 Å². The van der Waals surface area contributed by atoms with Crippen LogP contribution in [-0.2, 0) is 9.53 Å². The maximum absolute atomic E-state index is 11.7. The number of carbonyl (C=O) groups excluding carboxylic acids is 1. The van der Waals surface area contributed by atoms with Crippen LogP contribution in [0.2, 0.25) is 0 Å². The first-order valence-corrected chi connectivity index (χ1v) is 5.79. The zero-order valence-corrected chi connectivity index (χ0v) is 9.79. The number of rotatable bonds is 6. The van der Waals surface area contributed by atoms with Gasteiger partial charge in [-0.2, -0.15) is 0 Å². The van der Waals surface area contributed by atoms with Gasteiger partial charge in [-0.1, -0.05) is 0 Å². The lowest BCUT2D eigenvalue weighted by Crippen LogP contribution is -2.38. The van der Waals surface area contributed by atoms with Gasteiger partial charge in [-0.15, -0.1) is 0 Å². The molecular weight excluding hydrogens is 192 g/mol. The van der Waals surface area contributed by atoms with Crippen LogP contribution in [0.5, 0.6) is 0 Å². The molecule has 0 aromatic rings. The second-order valence-corrected chi connectivity index (χ2v) is 3.95. The van der Waals surface area contributed by atoms with E-state index in [9.17, 15) is 4.79 Å². The van der Waals surface area contributed by atoms with Gasteiger partial charge in [0.25, 0.3) is 0 Å². The van der Waals surface area contributed by atoms with E-state index in [0.717, 1.165) is 32.5 Å². The molecule has 1 rings (SSSR count). The van der Waals surface area contributed by atoms with Crippen LogP contribution < -0.4 is 5.32 Å². The first-order valence-electron chi connectivity index (χ1n) is 5.79. The predicted octanol–water partition coefficient (Wildman–Crippen LogP) is 0.623. The predicted molar refractivity (Wildman–Crippen MR) is 59.8 cm³/mol. The fourth-order valence-electron chi connectivity index (χ4n) is 1.82. The molecule has 15 heavy (non-hydrogen) atoms. The van der Waals surface area contributed by atoms with E-state index in [4.69, 9.17) is 4.74 Å². The van der Waals surface area contributed by atoms with Crippen LogP contribution in [-0.4, -0.2) is 50.2 Å². The first-order chi connectivity index (χ1) is 7.25. The Kier molecular flexibility index (Phi) is 5.65. The van der Waals surface area contributed by atoms with E-state index in [2.05, 4.69) is 5.32 Å². The van der Waals surface area contributed by atoms with Crippen molar-refractivity contribution in [3.8, 4) is 0 Å². The summed E-state index contributed by atoms with van der Waals surface area (Å²) in [7, 11) is 1.90. The minimum absolute atomic E-state index is 0.239. The Morgan fingerprint density at radius 1 is 1.60 bits per heavy atom. The Morgan fingerprint density at radius 3 is 3.00 bits per heavy atom. The molecule has 4 nitrogen and oxygen atoms in total. The zero-order chi connectivity index (χ0) is 11.1. The van der Waals surface area contributed by atoms with Gasteiger partial charge in [0, 0.05) is 39.3 Å². The van der Waals surface area contributed by atoms with Crippen molar-refractivity contribution in [2.75, 3.05) is 33.4 Å². The summed E-state index contributed by atoms with van der Waals surface area (Å²) >= 11 is 0. The molecule has 1 saturated heterocycles. The Hall–Kier alpha value is -0.610. The van der Waals surface area contributed by atoms with Gasteiger partial charge < -0.3 is 15.0 Å². The molecule has 1 fully saturated rings. The third-order valence-electron chi connectivity index (χ3n) is 2.86. The van der Waals surface area contributed by atoms with Gasteiger partial charge in [-0.05, 0) is 26.3 Å². The molecule has 0 aromatic carbocycles. The van der Waals surface area contributed by atoms with Crippen molar-refractivity contribution < 1.29 is 9.53 Å². The molecule has 88 valence electrons. The van der Waals surface area contributed by atoms with E-state index in [1.54, 1.807) is 0 Å². The van der Waals surface area contributed by atoms with E-state index in [-0.39, 0.29) is 5.91 Å². The molecule has 1 aliphatic heterocycles. The van der Waals surface area contributed by atoms with Gasteiger partial charge in [0.15, 0.2) is 0 Å². The number of ether oxygens (including phenoxy) is 1. The Morgan fingerprint density at radius 2 is 2.40 bits per heavy atom. The highest BCUT2D eigenvalue weighted by Gasteiger charge is 2.22. The Balaban J connectivity index is 2.14. The summed E-state index contributed by atoms with van der Waals surface area (Å²) in [5, 5.41) is 3.27. The molecule has 1 aliphatic rings. The number of likely N-dealkylation sites (N-methyl/N-ethyl adjacent to an activating group) is 1. The molecule has 4 heteroatoms. The summed E-state index contributed by atoms with van der Waals surface area (Å²) in [6, 6.07) is 0.393. The van der Waals surface area contributed by atoms with Crippen LogP contribution in [0.4, 0.5) is 0 Å². The molecule has 0 saturated carbocycles. The van der Waals surface area contributed by atoms with Crippen molar-refractivity contribution in [3.05, 3.63) is 0 Å². The lowest BCUT2D eigenvalue weighted by atomic mass is 10.2. The first kappa shape index (κ1) is 12.5. The van der Waals surface area contributed by atoms with Crippen LogP contribution in [0.15, 0.2) is 0 Å². The minimum Gasteiger partial charge on any atom is -0.382 e. The lowest BCUT2D eigenvalue weighted by molar-refractivity contribution is -0.132. The molecule has 0 radical (unpaired) electrons. The van der Waals surface area contributed by atoms with Crippen LogP contribution in [0.25, 0.3) is 0 Å². The van der Waals surface area contributed by atoms with Crippen molar-refractivity contribution in [2.24, 2.45) is 0 Å². The van der Waals surface area contributed by atoms with Gasteiger partial charge in [-0.25, -0.2) is 0 Å². The van der Waals surface area contributed by atoms with Crippen molar-refractivity contribution in [2.45, 2.75) is 32.2 Å². The quantitative estimate of drug-likeness (QED) is 0.659. The van der Waals surface area contributed by atoms with Gasteiger partial charge in [0.2, 0.25) is 5.91 Å². The third-order valence-corrected chi connectivity index (χ3v) is 2.86. The van der Waals surface area contributed by atoms with Gasteiger partial charge in [0.05, 0.1) is 0 Å². The maximum Gasteiger partial charge on any atom is 0.222 e. The summed E-state index contributed by atoms with van der Waals surface area (Å²) in [5.41, 5.74) is 0. The number of hydrogen-bond acceptors (Lipinski definition) is 3. The number of nitrogens with zero attached hydrogens (tertiary/aromatic N) is 1. The third kappa shape index (κ3) is 4.18. The SMILES string of the molecule is CCOCCCC(=O)N(C)C1CCNC1. The highest BCUT2D eigenvalue weighted by atomic mass is 16.5. The maximum atomic E-state index is 11.7. The topological polar surface area (TPSA) is 41.6 Å². The number of hydrogen-bond donors (Lipinski definition) is 1. The van der Waals surface area contributed by atoms with Crippen LogP contribution in [0.1, 0.15) is 26.2 Å².